The molecule has 7 heteroatoms. The molecule has 0 aliphatic heterocycles. The van der Waals surface area contributed by atoms with Crippen molar-refractivity contribution >= 4 is 5.69 Å². The maximum absolute atomic E-state index is 10.4. The van der Waals surface area contributed by atoms with Crippen molar-refractivity contribution in [3.63, 3.8) is 0 Å². The van der Waals surface area contributed by atoms with E-state index in [9.17, 15) is 10.1 Å². The van der Waals surface area contributed by atoms with E-state index >= 15 is 0 Å². The zero-order valence-electron chi connectivity index (χ0n) is 9.88. The van der Waals surface area contributed by atoms with Crippen LogP contribution in [-0.4, -0.2) is 31.1 Å². The van der Waals surface area contributed by atoms with Gasteiger partial charge in [-0.2, -0.15) is 0 Å². The van der Waals surface area contributed by atoms with Crippen molar-refractivity contribution in [1.29, 1.82) is 0 Å². The van der Waals surface area contributed by atoms with E-state index in [0.717, 1.165) is 6.20 Å². The fraction of sp³-hybridized carbons (Fsp3) is 0.300. The van der Waals surface area contributed by atoms with Crippen LogP contribution in [0.25, 0.3) is 0 Å². The molecular weight excluding hydrogens is 224 g/mol. The molecule has 7 nitrogen and oxygen atoms in total. The third kappa shape index (κ3) is 3.33. The zero-order valence-corrected chi connectivity index (χ0v) is 9.88. The van der Waals surface area contributed by atoms with Gasteiger partial charge in [-0.3, -0.25) is 10.1 Å². The minimum Gasteiger partial charge on any atom is -0.481 e. The van der Waals surface area contributed by atoms with Crippen LogP contribution in [0.2, 0.25) is 0 Å². The van der Waals surface area contributed by atoms with Gasteiger partial charge in [0.25, 0.3) is 6.20 Å². The molecule has 0 bridgehead atoms. The van der Waals surface area contributed by atoms with E-state index in [2.05, 4.69) is 10.3 Å². The SMILES string of the molecule is CN/C(=C\[N+](=O)[O-])N(C)c1ccc(OC)nc1. The van der Waals surface area contributed by atoms with Crippen LogP contribution in [0.15, 0.2) is 30.4 Å². The Morgan fingerprint density at radius 3 is 2.76 bits per heavy atom. The molecule has 0 spiro atoms. The molecule has 1 aromatic heterocycles. The summed E-state index contributed by atoms with van der Waals surface area (Å²) < 4.78 is 4.93. The average Bonchev–Trinajstić information content (AvgIpc) is 2.35. The van der Waals surface area contributed by atoms with Crippen LogP contribution < -0.4 is 15.0 Å². The number of rotatable bonds is 5. The highest BCUT2D eigenvalue weighted by Crippen LogP contribution is 2.17. The van der Waals surface area contributed by atoms with Crippen LogP contribution in [0.5, 0.6) is 5.88 Å². The van der Waals surface area contributed by atoms with E-state index < -0.39 is 4.92 Å². The van der Waals surface area contributed by atoms with Gasteiger partial charge in [0.15, 0.2) is 5.82 Å². The van der Waals surface area contributed by atoms with E-state index in [1.807, 2.05) is 0 Å². The quantitative estimate of drug-likeness (QED) is 0.604. The van der Waals surface area contributed by atoms with Crippen LogP contribution >= 0.6 is 0 Å². The third-order valence-electron chi connectivity index (χ3n) is 2.16. The Labute approximate surface area is 98.9 Å². The van der Waals surface area contributed by atoms with Crippen LogP contribution in [0.1, 0.15) is 0 Å². The second-order valence-electron chi connectivity index (χ2n) is 3.17. The molecule has 0 saturated carbocycles. The van der Waals surface area contributed by atoms with Gasteiger partial charge in [-0.15, -0.1) is 0 Å². The summed E-state index contributed by atoms with van der Waals surface area (Å²) in [7, 11) is 4.84. The highest BCUT2D eigenvalue weighted by atomic mass is 16.6. The molecule has 1 N–H and O–H groups in total. The number of hydrogen-bond donors (Lipinski definition) is 1. The highest BCUT2D eigenvalue weighted by Gasteiger charge is 2.09. The highest BCUT2D eigenvalue weighted by molar-refractivity contribution is 5.49. The van der Waals surface area contributed by atoms with E-state index in [-0.39, 0.29) is 0 Å². The topological polar surface area (TPSA) is 80.5 Å². The minimum absolute atomic E-state index is 0.363. The molecule has 17 heavy (non-hydrogen) atoms. The molecule has 1 rings (SSSR count). The number of nitrogens with one attached hydrogen (secondary N) is 1. The summed E-state index contributed by atoms with van der Waals surface area (Å²) in [5.74, 6) is 0.855. The number of hydrogen-bond acceptors (Lipinski definition) is 6. The van der Waals surface area contributed by atoms with Gasteiger partial charge in [-0.1, -0.05) is 0 Å². The lowest BCUT2D eigenvalue weighted by Crippen LogP contribution is -2.26. The van der Waals surface area contributed by atoms with Gasteiger partial charge in [0, 0.05) is 20.2 Å². The summed E-state index contributed by atoms with van der Waals surface area (Å²) in [6.07, 6.45) is 2.47. The van der Waals surface area contributed by atoms with Crippen LogP contribution in [0.4, 0.5) is 5.69 Å². The fourth-order valence-electron chi connectivity index (χ4n) is 1.25. The Kier molecular flexibility index (Phi) is 4.27. The second-order valence-corrected chi connectivity index (χ2v) is 3.17. The van der Waals surface area contributed by atoms with Crippen LogP contribution in [0, 0.1) is 10.1 Å². The molecule has 0 aliphatic carbocycles. The van der Waals surface area contributed by atoms with Crippen LogP contribution in [-0.2, 0) is 0 Å². The van der Waals surface area contributed by atoms with E-state index in [0.29, 0.717) is 17.4 Å². The first kappa shape index (κ1) is 12.8. The van der Waals surface area contributed by atoms with Crippen molar-refractivity contribution in [3.05, 3.63) is 40.5 Å². The van der Waals surface area contributed by atoms with Gasteiger partial charge in [0.05, 0.1) is 23.9 Å². The lowest BCUT2D eigenvalue weighted by molar-refractivity contribution is -0.403. The predicted molar refractivity (Wildman–Crippen MR) is 63.3 cm³/mol. The third-order valence-corrected chi connectivity index (χ3v) is 2.16. The number of nitro groups is 1. The van der Waals surface area contributed by atoms with Crippen molar-refractivity contribution in [2.24, 2.45) is 0 Å². The first-order valence-electron chi connectivity index (χ1n) is 4.85. The number of anilines is 1. The molecule has 1 heterocycles. The van der Waals surface area contributed by atoms with Gasteiger partial charge in [-0.25, -0.2) is 4.98 Å². The van der Waals surface area contributed by atoms with Crippen molar-refractivity contribution in [3.8, 4) is 5.88 Å². The van der Waals surface area contributed by atoms with Gasteiger partial charge in [0.1, 0.15) is 0 Å². The van der Waals surface area contributed by atoms with E-state index in [1.54, 1.807) is 37.3 Å². The smallest absolute Gasteiger partial charge is 0.274 e. The standard InChI is InChI=1S/C10H14N4O3/c1-11-9(7-14(15)16)13(2)8-4-5-10(17-3)12-6-8/h4-7,11H,1-3H3/b9-7+. The Bertz CT molecular complexity index is 416. The van der Waals surface area contributed by atoms with Crippen molar-refractivity contribution in [2.45, 2.75) is 0 Å². The van der Waals surface area contributed by atoms with Crippen molar-refractivity contribution in [1.82, 2.24) is 10.3 Å². The summed E-state index contributed by atoms with van der Waals surface area (Å²) in [6.45, 7) is 0. The molecule has 0 atom stereocenters. The molecule has 0 aromatic carbocycles. The number of ether oxygens (including phenoxy) is 1. The van der Waals surface area contributed by atoms with E-state index in [4.69, 9.17) is 4.74 Å². The monoisotopic (exact) mass is 238 g/mol. The maximum Gasteiger partial charge on any atom is 0.274 e. The minimum atomic E-state index is -0.515. The largest absolute Gasteiger partial charge is 0.481 e. The molecular formula is C10H14N4O3. The van der Waals surface area contributed by atoms with Crippen LogP contribution in [0.3, 0.4) is 0 Å². The molecule has 0 aliphatic rings. The van der Waals surface area contributed by atoms with Gasteiger partial charge in [-0.05, 0) is 6.07 Å². The lowest BCUT2D eigenvalue weighted by Gasteiger charge is -2.19. The number of nitrogens with zero attached hydrogens (tertiary/aromatic N) is 3. The van der Waals surface area contributed by atoms with Gasteiger partial charge < -0.3 is 15.0 Å². The Morgan fingerprint density at radius 1 is 1.65 bits per heavy atom. The maximum atomic E-state index is 10.4. The summed E-state index contributed by atoms with van der Waals surface area (Å²) in [4.78, 5) is 15.6. The summed E-state index contributed by atoms with van der Waals surface area (Å²) in [5, 5.41) is 13.2. The van der Waals surface area contributed by atoms with Crippen molar-refractivity contribution in [2.75, 3.05) is 26.1 Å². The lowest BCUT2D eigenvalue weighted by atomic mass is 10.4. The molecule has 0 radical (unpaired) electrons. The number of aromatic nitrogens is 1. The molecule has 0 saturated heterocycles. The first-order valence-corrected chi connectivity index (χ1v) is 4.85. The number of pyridine rings is 1. The summed E-state index contributed by atoms with van der Waals surface area (Å²) >= 11 is 0. The van der Waals surface area contributed by atoms with Gasteiger partial charge in [0.2, 0.25) is 5.88 Å². The summed E-state index contributed by atoms with van der Waals surface area (Å²) in [6, 6.07) is 3.45. The van der Waals surface area contributed by atoms with Gasteiger partial charge >= 0.3 is 0 Å². The predicted octanol–water partition coefficient (Wildman–Crippen LogP) is 0.821. The number of methoxy groups -OCH3 is 1. The fourth-order valence-corrected chi connectivity index (χ4v) is 1.25. The molecule has 0 fully saturated rings. The average molecular weight is 238 g/mol. The molecule has 1 aromatic rings. The molecule has 92 valence electrons. The Morgan fingerprint density at radius 2 is 2.35 bits per heavy atom. The normalized spacial score (nSPS) is 10.9. The summed E-state index contributed by atoms with van der Waals surface area (Å²) in [5.41, 5.74) is 0.716. The Hall–Kier alpha value is -2.31. The van der Waals surface area contributed by atoms with Crippen molar-refractivity contribution < 1.29 is 9.66 Å². The Balaban J connectivity index is 2.93. The molecule has 0 unspecified atom stereocenters. The zero-order chi connectivity index (χ0) is 12.8. The first-order chi connectivity index (χ1) is 8.08. The van der Waals surface area contributed by atoms with E-state index in [1.165, 1.54) is 7.11 Å². The second kappa shape index (κ2) is 5.69. The molecule has 0 amide bonds.